The molecule has 2 atom stereocenters. The maximum absolute atomic E-state index is 12.1. The fraction of sp³-hybridized carbons (Fsp3) is 0.321. The van der Waals surface area contributed by atoms with Crippen LogP contribution < -0.4 is 14.2 Å². The molecule has 34 heavy (non-hydrogen) atoms. The number of likely N-dealkylation sites (tertiary alicyclic amines) is 1. The van der Waals surface area contributed by atoms with Crippen molar-refractivity contribution in [2.45, 2.75) is 38.0 Å². The predicted molar refractivity (Wildman–Crippen MR) is 131 cm³/mol. The zero-order chi connectivity index (χ0) is 23.9. The highest BCUT2D eigenvalue weighted by Crippen LogP contribution is 2.38. The summed E-state index contributed by atoms with van der Waals surface area (Å²) in [5.74, 6) is 1.25. The van der Waals surface area contributed by atoms with Gasteiger partial charge in [-0.2, -0.15) is 0 Å². The average molecular weight is 462 g/mol. The smallest absolute Gasteiger partial charge is 0.320 e. The summed E-state index contributed by atoms with van der Waals surface area (Å²) in [6.45, 7) is 1.20. The van der Waals surface area contributed by atoms with Gasteiger partial charge in [0.05, 0.1) is 20.3 Å². The molecule has 0 amide bonds. The van der Waals surface area contributed by atoms with Crippen LogP contribution in [0.1, 0.15) is 42.0 Å². The molecule has 3 aromatic rings. The Morgan fingerprint density at radius 1 is 0.941 bits per heavy atom. The minimum Gasteiger partial charge on any atom is -0.493 e. The number of methoxy groups -OCH3 is 2. The number of aliphatic carboxylic acids is 1. The van der Waals surface area contributed by atoms with E-state index >= 15 is 0 Å². The summed E-state index contributed by atoms with van der Waals surface area (Å²) in [5, 5.41) is 9.95. The Morgan fingerprint density at radius 3 is 2.32 bits per heavy atom. The number of ether oxygens (including phenoxy) is 3. The van der Waals surface area contributed by atoms with Crippen molar-refractivity contribution in [1.29, 1.82) is 0 Å². The van der Waals surface area contributed by atoms with Crippen LogP contribution in [0.5, 0.6) is 17.2 Å². The van der Waals surface area contributed by atoms with Crippen molar-refractivity contribution in [2.24, 2.45) is 0 Å². The maximum atomic E-state index is 12.1. The summed E-state index contributed by atoms with van der Waals surface area (Å²) in [6, 6.07) is 23.0. The molecular formula is C28H31NO5. The van der Waals surface area contributed by atoms with Crippen LogP contribution >= 0.6 is 0 Å². The van der Waals surface area contributed by atoms with Gasteiger partial charge < -0.3 is 19.3 Å². The number of hydrogen-bond donors (Lipinski definition) is 1. The van der Waals surface area contributed by atoms with Gasteiger partial charge in [-0.3, -0.25) is 9.69 Å². The molecule has 1 aliphatic rings. The molecule has 0 saturated carbocycles. The van der Waals surface area contributed by atoms with Crippen LogP contribution in [0.25, 0.3) is 0 Å². The van der Waals surface area contributed by atoms with Crippen molar-refractivity contribution in [1.82, 2.24) is 4.90 Å². The Bertz CT molecular complexity index is 1080. The first-order valence-corrected chi connectivity index (χ1v) is 11.6. The number of nitrogens with zero attached hydrogens (tertiary/aromatic N) is 1. The molecule has 0 aliphatic carbocycles. The van der Waals surface area contributed by atoms with Gasteiger partial charge in [-0.1, -0.05) is 55.0 Å². The Balaban J connectivity index is 1.66. The number of carboxylic acids is 1. The van der Waals surface area contributed by atoms with E-state index in [4.69, 9.17) is 14.2 Å². The topological polar surface area (TPSA) is 68.2 Å². The van der Waals surface area contributed by atoms with E-state index in [-0.39, 0.29) is 6.04 Å². The molecule has 1 heterocycles. The standard InChI is InChI=1S/C28H31NO5/c1-32-25-16-13-22(18-26(25)33-2)27(29-17-7-6-10-24(29)28(30)31)21-11-14-23(15-12-21)34-19-20-8-4-3-5-9-20/h3-5,8-9,11-16,18,24,27H,6-7,10,17,19H2,1-2H3,(H,30,31). The van der Waals surface area contributed by atoms with Gasteiger partial charge in [-0.15, -0.1) is 0 Å². The number of benzene rings is 3. The zero-order valence-electron chi connectivity index (χ0n) is 19.6. The van der Waals surface area contributed by atoms with Gasteiger partial charge in [0.2, 0.25) is 0 Å². The lowest BCUT2D eigenvalue weighted by Crippen LogP contribution is -2.46. The lowest BCUT2D eigenvalue weighted by molar-refractivity contribution is -0.145. The van der Waals surface area contributed by atoms with Gasteiger partial charge in [0.1, 0.15) is 18.4 Å². The van der Waals surface area contributed by atoms with E-state index in [0.29, 0.717) is 31.1 Å². The zero-order valence-corrected chi connectivity index (χ0v) is 19.6. The molecule has 0 spiro atoms. The van der Waals surface area contributed by atoms with E-state index in [2.05, 4.69) is 4.90 Å². The summed E-state index contributed by atoms with van der Waals surface area (Å²) in [6.07, 6.45) is 2.52. The molecule has 4 rings (SSSR count). The normalized spacial score (nSPS) is 17.1. The van der Waals surface area contributed by atoms with Crippen LogP contribution in [0, 0.1) is 0 Å². The fourth-order valence-corrected chi connectivity index (χ4v) is 4.61. The summed E-state index contributed by atoms with van der Waals surface area (Å²) < 4.78 is 16.9. The second kappa shape index (κ2) is 11.1. The van der Waals surface area contributed by atoms with Gasteiger partial charge in [0, 0.05) is 0 Å². The molecule has 1 N–H and O–H groups in total. The third-order valence-electron chi connectivity index (χ3n) is 6.33. The van der Waals surface area contributed by atoms with Gasteiger partial charge in [0.25, 0.3) is 0 Å². The SMILES string of the molecule is COc1ccc(C(c2ccc(OCc3ccccc3)cc2)N2CCCCC2C(=O)O)cc1OC. The second-order valence-corrected chi connectivity index (χ2v) is 8.45. The van der Waals surface area contributed by atoms with Gasteiger partial charge in [-0.25, -0.2) is 0 Å². The monoisotopic (exact) mass is 461 g/mol. The highest BCUT2D eigenvalue weighted by molar-refractivity contribution is 5.73. The minimum atomic E-state index is -0.784. The largest absolute Gasteiger partial charge is 0.493 e. The first-order valence-electron chi connectivity index (χ1n) is 11.6. The van der Waals surface area contributed by atoms with E-state index < -0.39 is 12.0 Å². The van der Waals surface area contributed by atoms with Gasteiger partial charge in [0.15, 0.2) is 11.5 Å². The van der Waals surface area contributed by atoms with Crippen LogP contribution in [-0.2, 0) is 11.4 Å². The van der Waals surface area contributed by atoms with Crippen molar-refractivity contribution in [2.75, 3.05) is 20.8 Å². The molecule has 0 aromatic heterocycles. The Labute approximate surface area is 200 Å². The molecule has 2 unspecified atom stereocenters. The molecule has 0 bridgehead atoms. The van der Waals surface area contributed by atoms with Gasteiger partial charge >= 0.3 is 5.97 Å². The van der Waals surface area contributed by atoms with Crippen molar-refractivity contribution < 1.29 is 24.1 Å². The molecule has 1 fully saturated rings. The predicted octanol–water partition coefficient (Wildman–Crippen LogP) is 5.31. The van der Waals surface area contributed by atoms with Crippen LogP contribution in [-0.4, -0.2) is 42.8 Å². The van der Waals surface area contributed by atoms with Crippen molar-refractivity contribution in [3.63, 3.8) is 0 Å². The van der Waals surface area contributed by atoms with Crippen LogP contribution in [0.4, 0.5) is 0 Å². The van der Waals surface area contributed by atoms with Crippen molar-refractivity contribution in [3.8, 4) is 17.2 Å². The van der Waals surface area contributed by atoms with Crippen LogP contribution in [0.15, 0.2) is 72.8 Å². The van der Waals surface area contributed by atoms with Crippen LogP contribution in [0.3, 0.4) is 0 Å². The van der Waals surface area contributed by atoms with E-state index in [0.717, 1.165) is 35.3 Å². The third kappa shape index (κ3) is 5.34. The highest BCUT2D eigenvalue weighted by atomic mass is 16.5. The Kier molecular flexibility index (Phi) is 7.70. The maximum Gasteiger partial charge on any atom is 0.320 e. The highest BCUT2D eigenvalue weighted by Gasteiger charge is 2.35. The Morgan fingerprint density at radius 2 is 1.65 bits per heavy atom. The molecule has 0 radical (unpaired) electrons. The summed E-state index contributed by atoms with van der Waals surface area (Å²) in [4.78, 5) is 14.2. The summed E-state index contributed by atoms with van der Waals surface area (Å²) >= 11 is 0. The van der Waals surface area contributed by atoms with E-state index in [1.54, 1.807) is 14.2 Å². The average Bonchev–Trinajstić information content (AvgIpc) is 2.89. The minimum absolute atomic E-state index is 0.232. The number of carbonyl (C=O) groups is 1. The molecule has 6 heteroatoms. The van der Waals surface area contributed by atoms with E-state index in [9.17, 15) is 9.90 Å². The Hall–Kier alpha value is -3.51. The van der Waals surface area contributed by atoms with E-state index in [1.807, 2.05) is 72.8 Å². The molecular weight excluding hydrogens is 430 g/mol. The molecule has 3 aromatic carbocycles. The first kappa shape index (κ1) is 23.6. The number of hydrogen-bond acceptors (Lipinski definition) is 5. The quantitative estimate of drug-likeness (QED) is 0.466. The summed E-state index contributed by atoms with van der Waals surface area (Å²) in [5.41, 5.74) is 3.07. The van der Waals surface area contributed by atoms with Crippen LogP contribution in [0.2, 0.25) is 0 Å². The first-order chi connectivity index (χ1) is 16.6. The fourth-order valence-electron chi connectivity index (χ4n) is 4.61. The number of carboxylic acid groups (broad SMARTS) is 1. The van der Waals surface area contributed by atoms with Crippen molar-refractivity contribution >= 4 is 5.97 Å². The molecule has 1 saturated heterocycles. The number of rotatable bonds is 9. The third-order valence-corrected chi connectivity index (χ3v) is 6.33. The molecule has 6 nitrogen and oxygen atoms in total. The van der Waals surface area contributed by atoms with Crippen molar-refractivity contribution in [3.05, 3.63) is 89.5 Å². The molecule has 178 valence electrons. The van der Waals surface area contributed by atoms with Gasteiger partial charge in [-0.05, 0) is 60.3 Å². The molecule has 1 aliphatic heterocycles. The second-order valence-electron chi connectivity index (χ2n) is 8.45. The van der Waals surface area contributed by atoms with E-state index in [1.165, 1.54) is 0 Å². The lowest BCUT2D eigenvalue weighted by Gasteiger charge is -2.39. The summed E-state index contributed by atoms with van der Waals surface area (Å²) in [7, 11) is 3.21. The lowest BCUT2D eigenvalue weighted by atomic mass is 9.91. The number of piperidine rings is 1.